The van der Waals surface area contributed by atoms with Gasteiger partial charge in [0.25, 0.3) is 0 Å². The lowest BCUT2D eigenvalue weighted by Gasteiger charge is -2.03. The van der Waals surface area contributed by atoms with Gasteiger partial charge in [0, 0.05) is 16.7 Å². The van der Waals surface area contributed by atoms with E-state index in [-0.39, 0.29) is 5.88 Å². The van der Waals surface area contributed by atoms with E-state index < -0.39 is 6.03 Å². The van der Waals surface area contributed by atoms with Gasteiger partial charge in [0.15, 0.2) is 0 Å². The van der Waals surface area contributed by atoms with E-state index in [0.29, 0.717) is 5.82 Å². The number of amides is 2. The summed E-state index contributed by atoms with van der Waals surface area (Å²) in [5, 5.41) is 8.45. The molecule has 0 saturated heterocycles. The standard InChI is InChI=1S/C9H7BrN4O2/c10-6-1-2-7(11-5-6)13-9(15)14-8-3-4-12-16-8/h1-5H,(H2,11,13,14,15). The molecule has 6 nitrogen and oxygen atoms in total. The monoisotopic (exact) mass is 282 g/mol. The molecule has 0 saturated carbocycles. The van der Waals surface area contributed by atoms with Crippen molar-refractivity contribution in [1.82, 2.24) is 10.1 Å². The molecule has 16 heavy (non-hydrogen) atoms. The first-order valence-electron chi connectivity index (χ1n) is 4.34. The van der Waals surface area contributed by atoms with Crippen molar-refractivity contribution in [2.75, 3.05) is 10.6 Å². The van der Waals surface area contributed by atoms with Crippen LogP contribution >= 0.6 is 15.9 Å². The van der Waals surface area contributed by atoms with Crippen LogP contribution in [0.15, 0.2) is 39.6 Å². The van der Waals surface area contributed by atoms with Crippen LogP contribution in [0.3, 0.4) is 0 Å². The van der Waals surface area contributed by atoms with Gasteiger partial charge in [0.2, 0.25) is 5.88 Å². The number of rotatable bonds is 2. The number of anilines is 2. The molecule has 2 heterocycles. The highest BCUT2D eigenvalue weighted by atomic mass is 79.9. The predicted molar refractivity (Wildman–Crippen MR) is 61.1 cm³/mol. The van der Waals surface area contributed by atoms with Gasteiger partial charge in [-0.15, -0.1) is 0 Å². The molecule has 0 aromatic carbocycles. The maximum absolute atomic E-state index is 11.4. The fraction of sp³-hybridized carbons (Fsp3) is 0. The Balaban J connectivity index is 1.95. The number of aromatic nitrogens is 2. The van der Waals surface area contributed by atoms with E-state index in [9.17, 15) is 4.79 Å². The van der Waals surface area contributed by atoms with Crippen molar-refractivity contribution in [2.45, 2.75) is 0 Å². The van der Waals surface area contributed by atoms with Crippen molar-refractivity contribution in [1.29, 1.82) is 0 Å². The van der Waals surface area contributed by atoms with Gasteiger partial charge in [-0.2, -0.15) is 0 Å². The molecular formula is C9H7BrN4O2. The number of carbonyl (C=O) groups excluding carboxylic acids is 1. The summed E-state index contributed by atoms with van der Waals surface area (Å²) in [6.07, 6.45) is 3.03. The Morgan fingerprint density at radius 3 is 2.81 bits per heavy atom. The molecule has 0 radical (unpaired) electrons. The minimum Gasteiger partial charge on any atom is -0.338 e. The second kappa shape index (κ2) is 4.75. The Hall–Kier alpha value is -1.89. The predicted octanol–water partition coefficient (Wildman–Crippen LogP) is 2.48. The molecule has 0 aliphatic rings. The number of pyridine rings is 1. The summed E-state index contributed by atoms with van der Waals surface area (Å²) in [4.78, 5) is 15.4. The molecule has 7 heteroatoms. The first-order chi connectivity index (χ1) is 7.74. The fourth-order valence-corrected chi connectivity index (χ4v) is 1.22. The van der Waals surface area contributed by atoms with Gasteiger partial charge in [-0.1, -0.05) is 5.16 Å². The molecule has 0 atom stereocenters. The lowest BCUT2D eigenvalue weighted by molar-refractivity contribution is 0.261. The molecule has 0 unspecified atom stereocenters. The third kappa shape index (κ3) is 2.80. The maximum atomic E-state index is 11.4. The van der Waals surface area contributed by atoms with Crippen molar-refractivity contribution >= 4 is 33.7 Å². The summed E-state index contributed by atoms with van der Waals surface area (Å²) in [6.45, 7) is 0. The average Bonchev–Trinajstić information content (AvgIpc) is 2.74. The zero-order chi connectivity index (χ0) is 11.4. The number of carbonyl (C=O) groups is 1. The second-order valence-electron chi connectivity index (χ2n) is 2.82. The summed E-state index contributed by atoms with van der Waals surface area (Å²) in [7, 11) is 0. The van der Waals surface area contributed by atoms with Crippen LogP contribution in [0.2, 0.25) is 0 Å². The minimum atomic E-state index is -0.438. The number of urea groups is 1. The van der Waals surface area contributed by atoms with Crippen molar-refractivity contribution < 1.29 is 9.32 Å². The molecule has 2 aromatic heterocycles. The van der Waals surface area contributed by atoms with Gasteiger partial charge in [-0.05, 0) is 28.1 Å². The van der Waals surface area contributed by atoms with Crippen LogP contribution in [-0.2, 0) is 0 Å². The molecule has 2 N–H and O–H groups in total. The van der Waals surface area contributed by atoms with Crippen LogP contribution in [0.5, 0.6) is 0 Å². The summed E-state index contributed by atoms with van der Waals surface area (Å²) >= 11 is 3.25. The van der Waals surface area contributed by atoms with E-state index in [1.165, 1.54) is 12.3 Å². The zero-order valence-electron chi connectivity index (χ0n) is 7.98. The number of nitrogens with one attached hydrogen (secondary N) is 2. The van der Waals surface area contributed by atoms with E-state index in [0.717, 1.165) is 4.47 Å². The largest absolute Gasteiger partial charge is 0.338 e. The maximum Gasteiger partial charge on any atom is 0.327 e. The first kappa shape index (κ1) is 10.6. The van der Waals surface area contributed by atoms with Gasteiger partial charge in [0.05, 0.1) is 6.20 Å². The number of hydrogen-bond acceptors (Lipinski definition) is 4. The SMILES string of the molecule is O=C(Nc1ccc(Br)cn1)Nc1ccno1. The first-order valence-corrected chi connectivity index (χ1v) is 5.13. The number of nitrogens with zero attached hydrogens (tertiary/aromatic N) is 2. The Labute approximate surface area is 99.2 Å². The van der Waals surface area contributed by atoms with Crippen molar-refractivity contribution in [3.8, 4) is 0 Å². The van der Waals surface area contributed by atoms with Crippen LogP contribution in [0.1, 0.15) is 0 Å². The van der Waals surface area contributed by atoms with E-state index in [1.54, 1.807) is 18.3 Å². The second-order valence-corrected chi connectivity index (χ2v) is 3.73. The van der Waals surface area contributed by atoms with E-state index >= 15 is 0 Å². The van der Waals surface area contributed by atoms with Crippen LogP contribution in [-0.4, -0.2) is 16.2 Å². The molecule has 0 spiro atoms. The average molecular weight is 283 g/mol. The highest BCUT2D eigenvalue weighted by molar-refractivity contribution is 9.10. The Kier molecular flexibility index (Phi) is 3.16. The van der Waals surface area contributed by atoms with Crippen LogP contribution in [0.25, 0.3) is 0 Å². The Morgan fingerprint density at radius 1 is 1.31 bits per heavy atom. The quantitative estimate of drug-likeness (QED) is 0.887. The highest BCUT2D eigenvalue weighted by Crippen LogP contribution is 2.11. The van der Waals surface area contributed by atoms with Gasteiger partial charge in [0.1, 0.15) is 5.82 Å². The lowest BCUT2D eigenvalue weighted by atomic mass is 10.5. The Bertz CT molecular complexity index is 469. The molecule has 0 aliphatic carbocycles. The van der Waals surface area contributed by atoms with E-state index in [1.807, 2.05) is 0 Å². The van der Waals surface area contributed by atoms with Gasteiger partial charge in [-0.3, -0.25) is 10.6 Å². The van der Waals surface area contributed by atoms with E-state index in [2.05, 4.69) is 36.7 Å². The smallest absolute Gasteiger partial charge is 0.327 e. The van der Waals surface area contributed by atoms with Crippen molar-refractivity contribution in [3.05, 3.63) is 35.1 Å². The molecule has 82 valence electrons. The normalized spacial score (nSPS) is 9.81. The summed E-state index contributed by atoms with van der Waals surface area (Å²) in [5.74, 6) is 0.717. The lowest BCUT2D eigenvalue weighted by Crippen LogP contribution is -2.19. The van der Waals surface area contributed by atoms with Crippen LogP contribution in [0, 0.1) is 0 Å². The van der Waals surface area contributed by atoms with Crippen molar-refractivity contribution in [2.24, 2.45) is 0 Å². The molecule has 0 bridgehead atoms. The van der Waals surface area contributed by atoms with Crippen LogP contribution in [0.4, 0.5) is 16.5 Å². The third-order valence-corrected chi connectivity index (χ3v) is 2.11. The third-order valence-electron chi connectivity index (χ3n) is 1.64. The molecule has 2 rings (SSSR count). The minimum absolute atomic E-state index is 0.273. The fourth-order valence-electron chi connectivity index (χ4n) is 0.989. The summed E-state index contributed by atoms with van der Waals surface area (Å²) in [5.41, 5.74) is 0. The molecule has 0 fully saturated rings. The highest BCUT2D eigenvalue weighted by Gasteiger charge is 2.05. The van der Waals surface area contributed by atoms with Crippen LogP contribution < -0.4 is 10.6 Å². The Morgan fingerprint density at radius 2 is 2.19 bits per heavy atom. The van der Waals surface area contributed by atoms with Gasteiger partial charge >= 0.3 is 6.03 Å². The molecule has 2 amide bonds. The molecular weight excluding hydrogens is 276 g/mol. The molecule has 2 aromatic rings. The summed E-state index contributed by atoms with van der Waals surface area (Å²) in [6, 6.07) is 4.54. The molecule has 0 aliphatic heterocycles. The zero-order valence-corrected chi connectivity index (χ0v) is 9.56. The topological polar surface area (TPSA) is 80.0 Å². The number of hydrogen-bond donors (Lipinski definition) is 2. The summed E-state index contributed by atoms with van der Waals surface area (Å²) < 4.78 is 5.55. The van der Waals surface area contributed by atoms with Crippen molar-refractivity contribution in [3.63, 3.8) is 0 Å². The van der Waals surface area contributed by atoms with Gasteiger partial charge < -0.3 is 4.52 Å². The number of halogens is 1. The van der Waals surface area contributed by atoms with E-state index in [4.69, 9.17) is 4.52 Å². The van der Waals surface area contributed by atoms with Gasteiger partial charge in [-0.25, -0.2) is 9.78 Å².